The molecule has 4 nitrogen and oxygen atoms in total. The summed E-state index contributed by atoms with van der Waals surface area (Å²) in [6.07, 6.45) is 1.82. The maximum absolute atomic E-state index is 12.7. The Labute approximate surface area is 143 Å². The number of carbonyl (C=O) groups is 2. The van der Waals surface area contributed by atoms with Gasteiger partial charge in [0.15, 0.2) is 0 Å². The second kappa shape index (κ2) is 6.84. The fourth-order valence-electron chi connectivity index (χ4n) is 2.66. The number of aromatic carboxylic acids is 1. The molecule has 0 aliphatic heterocycles. The molecule has 3 rings (SSSR count). The minimum Gasteiger partial charge on any atom is -0.478 e. The molecule has 1 heterocycles. The Kier molecular flexibility index (Phi) is 4.62. The van der Waals surface area contributed by atoms with Gasteiger partial charge in [-0.05, 0) is 47.7 Å². The van der Waals surface area contributed by atoms with E-state index in [0.29, 0.717) is 5.69 Å². The summed E-state index contributed by atoms with van der Waals surface area (Å²) in [5.74, 6) is -1.13. The lowest BCUT2D eigenvalue weighted by Gasteiger charge is -2.06. The first-order valence-corrected chi connectivity index (χ1v) is 8.57. The predicted molar refractivity (Wildman–Crippen MR) is 97.2 cm³/mol. The van der Waals surface area contributed by atoms with Crippen LogP contribution in [0.15, 0.2) is 48.5 Å². The van der Waals surface area contributed by atoms with E-state index in [1.165, 1.54) is 23.5 Å². The number of fused-ring (bicyclic) bond motifs is 1. The third-order valence-corrected chi connectivity index (χ3v) is 5.01. The predicted octanol–water partition coefficient (Wildman–Crippen LogP) is 4.80. The number of amides is 1. The summed E-state index contributed by atoms with van der Waals surface area (Å²) >= 11 is 1.49. The molecule has 2 aromatic carbocycles. The highest BCUT2D eigenvalue weighted by molar-refractivity contribution is 7.21. The van der Waals surface area contributed by atoms with Gasteiger partial charge in [0.25, 0.3) is 5.91 Å². The van der Waals surface area contributed by atoms with Crippen molar-refractivity contribution in [3.05, 3.63) is 64.5 Å². The van der Waals surface area contributed by atoms with E-state index in [2.05, 4.69) is 18.3 Å². The fourth-order valence-corrected chi connectivity index (χ4v) is 3.81. The lowest BCUT2D eigenvalue weighted by molar-refractivity contribution is 0.0696. The van der Waals surface area contributed by atoms with Crippen molar-refractivity contribution in [2.24, 2.45) is 0 Å². The van der Waals surface area contributed by atoms with Crippen LogP contribution in [0.3, 0.4) is 0 Å². The second-order valence-electron chi connectivity index (χ2n) is 5.49. The van der Waals surface area contributed by atoms with Crippen molar-refractivity contribution < 1.29 is 14.7 Å². The first-order chi connectivity index (χ1) is 11.6. The number of carboxylic acid groups (broad SMARTS) is 1. The van der Waals surface area contributed by atoms with Gasteiger partial charge in [0.2, 0.25) is 0 Å². The highest BCUT2D eigenvalue weighted by Gasteiger charge is 2.17. The molecule has 0 bridgehead atoms. The molecular formula is C19H17NO3S. The van der Waals surface area contributed by atoms with Gasteiger partial charge >= 0.3 is 5.97 Å². The Morgan fingerprint density at radius 1 is 1.08 bits per heavy atom. The van der Waals surface area contributed by atoms with Gasteiger partial charge in [0.05, 0.1) is 10.4 Å². The molecule has 2 N–H and O–H groups in total. The Morgan fingerprint density at radius 3 is 2.46 bits per heavy atom. The topological polar surface area (TPSA) is 66.4 Å². The molecular weight excluding hydrogens is 322 g/mol. The lowest BCUT2D eigenvalue weighted by atomic mass is 10.1. The number of anilines is 1. The van der Waals surface area contributed by atoms with Crippen LogP contribution in [0.1, 0.15) is 38.9 Å². The zero-order valence-electron chi connectivity index (χ0n) is 13.2. The molecule has 0 saturated carbocycles. The molecule has 0 aliphatic carbocycles. The molecule has 5 heteroatoms. The van der Waals surface area contributed by atoms with E-state index in [1.54, 1.807) is 12.1 Å². The fraction of sp³-hybridized carbons (Fsp3) is 0.158. The molecule has 122 valence electrons. The normalized spacial score (nSPS) is 10.7. The third-order valence-electron chi connectivity index (χ3n) is 3.79. The zero-order chi connectivity index (χ0) is 17.1. The van der Waals surface area contributed by atoms with E-state index < -0.39 is 5.97 Å². The van der Waals surface area contributed by atoms with Crippen LogP contribution in [0.25, 0.3) is 10.1 Å². The summed E-state index contributed by atoms with van der Waals surface area (Å²) in [6.45, 7) is 2.10. The summed E-state index contributed by atoms with van der Waals surface area (Å²) in [5, 5.41) is 12.9. The molecule has 1 amide bonds. The Hall–Kier alpha value is -2.66. The van der Waals surface area contributed by atoms with E-state index in [4.69, 9.17) is 5.11 Å². The van der Waals surface area contributed by atoms with Crippen LogP contribution in [-0.4, -0.2) is 17.0 Å². The minimum absolute atomic E-state index is 0.150. The Bertz CT molecular complexity index is 897. The van der Waals surface area contributed by atoms with E-state index in [-0.39, 0.29) is 11.5 Å². The van der Waals surface area contributed by atoms with Crippen LogP contribution in [0.4, 0.5) is 5.69 Å². The number of hydrogen-bond acceptors (Lipinski definition) is 3. The molecule has 0 aliphatic rings. The Morgan fingerprint density at radius 2 is 1.79 bits per heavy atom. The van der Waals surface area contributed by atoms with Crippen molar-refractivity contribution in [1.82, 2.24) is 0 Å². The molecule has 0 unspecified atom stereocenters. The maximum atomic E-state index is 12.7. The average molecular weight is 339 g/mol. The summed E-state index contributed by atoms with van der Waals surface area (Å²) in [4.78, 5) is 24.3. The standard InChI is InChI=1S/C19H17NO3S/c1-2-5-15-14-6-3-4-7-16(14)24-17(15)18(21)20-13-10-8-12(9-11-13)19(22)23/h3-4,6-11H,2,5H2,1H3,(H,20,21)(H,22,23). The summed E-state index contributed by atoms with van der Waals surface area (Å²) in [6, 6.07) is 14.2. The van der Waals surface area contributed by atoms with Crippen molar-refractivity contribution in [2.75, 3.05) is 5.32 Å². The first kappa shape index (κ1) is 16.2. The van der Waals surface area contributed by atoms with Crippen molar-refractivity contribution in [1.29, 1.82) is 0 Å². The number of rotatable bonds is 5. The van der Waals surface area contributed by atoms with Crippen LogP contribution >= 0.6 is 11.3 Å². The molecule has 0 radical (unpaired) electrons. The molecule has 0 spiro atoms. The van der Waals surface area contributed by atoms with Crippen molar-refractivity contribution in [3.63, 3.8) is 0 Å². The minimum atomic E-state index is -0.984. The molecule has 3 aromatic rings. The number of hydrogen-bond donors (Lipinski definition) is 2. The van der Waals surface area contributed by atoms with Gasteiger partial charge < -0.3 is 10.4 Å². The summed E-state index contributed by atoms with van der Waals surface area (Å²) < 4.78 is 1.10. The molecule has 24 heavy (non-hydrogen) atoms. The van der Waals surface area contributed by atoms with E-state index in [0.717, 1.165) is 33.4 Å². The highest BCUT2D eigenvalue weighted by Crippen LogP contribution is 2.32. The third kappa shape index (κ3) is 3.16. The largest absolute Gasteiger partial charge is 0.478 e. The Balaban J connectivity index is 1.90. The summed E-state index contributed by atoms with van der Waals surface area (Å²) in [7, 11) is 0. The van der Waals surface area contributed by atoms with Gasteiger partial charge in [-0.3, -0.25) is 4.79 Å². The number of aryl methyl sites for hydroxylation is 1. The smallest absolute Gasteiger partial charge is 0.335 e. The molecule has 1 aromatic heterocycles. The van der Waals surface area contributed by atoms with Crippen LogP contribution < -0.4 is 5.32 Å². The van der Waals surface area contributed by atoms with Gasteiger partial charge in [-0.1, -0.05) is 31.5 Å². The highest BCUT2D eigenvalue weighted by atomic mass is 32.1. The maximum Gasteiger partial charge on any atom is 0.335 e. The van der Waals surface area contributed by atoms with Gasteiger partial charge in [-0.25, -0.2) is 4.79 Å². The van der Waals surface area contributed by atoms with Crippen molar-refractivity contribution >= 4 is 39.0 Å². The van der Waals surface area contributed by atoms with Crippen molar-refractivity contribution in [2.45, 2.75) is 19.8 Å². The number of carbonyl (C=O) groups excluding carboxylic acids is 1. The van der Waals surface area contributed by atoms with Crippen LogP contribution in [0, 0.1) is 0 Å². The number of thiophene rings is 1. The SMILES string of the molecule is CCCc1c(C(=O)Nc2ccc(C(=O)O)cc2)sc2ccccc12. The zero-order valence-corrected chi connectivity index (χ0v) is 14.0. The number of nitrogens with one attached hydrogen (secondary N) is 1. The van der Waals surface area contributed by atoms with Crippen LogP contribution in [-0.2, 0) is 6.42 Å². The average Bonchev–Trinajstić information content (AvgIpc) is 2.95. The summed E-state index contributed by atoms with van der Waals surface area (Å²) in [5.41, 5.74) is 1.86. The molecule has 0 fully saturated rings. The van der Waals surface area contributed by atoms with E-state index >= 15 is 0 Å². The van der Waals surface area contributed by atoms with E-state index in [1.807, 2.05) is 18.2 Å². The van der Waals surface area contributed by atoms with Gasteiger partial charge in [-0.2, -0.15) is 0 Å². The van der Waals surface area contributed by atoms with Crippen LogP contribution in [0.5, 0.6) is 0 Å². The lowest BCUT2D eigenvalue weighted by Crippen LogP contribution is -2.12. The second-order valence-corrected chi connectivity index (χ2v) is 6.54. The van der Waals surface area contributed by atoms with Crippen LogP contribution in [0.2, 0.25) is 0 Å². The number of carboxylic acids is 1. The van der Waals surface area contributed by atoms with Gasteiger partial charge in [0.1, 0.15) is 0 Å². The van der Waals surface area contributed by atoms with E-state index in [9.17, 15) is 9.59 Å². The van der Waals surface area contributed by atoms with Gasteiger partial charge in [-0.15, -0.1) is 11.3 Å². The first-order valence-electron chi connectivity index (χ1n) is 7.75. The number of benzene rings is 2. The quantitative estimate of drug-likeness (QED) is 0.701. The van der Waals surface area contributed by atoms with Crippen molar-refractivity contribution in [3.8, 4) is 0 Å². The van der Waals surface area contributed by atoms with Gasteiger partial charge in [0, 0.05) is 10.4 Å². The molecule has 0 saturated heterocycles. The monoisotopic (exact) mass is 339 g/mol. The molecule has 0 atom stereocenters.